The maximum atomic E-state index is 13.1. The molecule has 0 saturated heterocycles. The number of hydrogen-bond donors (Lipinski definition) is 1. The lowest BCUT2D eigenvalue weighted by Gasteiger charge is -2.05. The highest BCUT2D eigenvalue weighted by molar-refractivity contribution is 14.1. The van der Waals surface area contributed by atoms with E-state index >= 15 is 0 Å². The zero-order valence-electron chi connectivity index (χ0n) is 13.1. The highest BCUT2D eigenvalue weighted by Crippen LogP contribution is 2.28. The van der Waals surface area contributed by atoms with E-state index in [0.717, 1.165) is 21.1 Å². The van der Waals surface area contributed by atoms with Crippen molar-refractivity contribution in [2.45, 2.75) is 13.5 Å². The summed E-state index contributed by atoms with van der Waals surface area (Å²) in [6.45, 7) is 2.32. The Morgan fingerprint density at radius 1 is 1.28 bits per heavy atom. The van der Waals surface area contributed by atoms with Crippen LogP contribution in [0.25, 0.3) is 11.3 Å². The lowest BCUT2D eigenvalue weighted by molar-refractivity contribution is 0.0950. The van der Waals surface area contributed by atoms with Crippen LogP contribution < -0.4 is 5.32 Å². The molecular formula is C18H13ClFIN2OS. The molecule has 0 aliphatic rings. The largest absolute Gasteiger partial charge is 0.345 e. The SMILES string of the molecule is Cc1sc(CNC(=O)c2ccc(F)cc2I)nc1-c1ccc(Cl)cc1. The van der Waals surface area contributed by atoms with Crippen LogP contribution in [0.1, 0.15) is 20.2 Å². The van der Waals surface area contributed by atoms with Gasteiger partial charge in [-0.1, -0.05) is 23.7 Å². The fourth-order valence-corrected chi connectivity index (χ4v) is 4.07. The Bertz CT molecular complexity index is 927. The molecule has 3 nitrogen and oxygen atoms in total. The van der Waals surface area contributed by atoms with E-state index in [-0.39, 0.29) is 11.7 Å². The first-order chi connectivity index (χ1) is 11.9. The molecule has 0 radical (unpaired) electrons. The van der Waals surface area contributed by atoms with Crippen LogP contribution in [-0.4, -0.2) is 10.9 Å². The molecular weight excluding hydrogens is 474 g/mol. The fourth-order valence-electron chi connectivity index (χ4n) is 2.33. The molecule has 0 bridgehead atoms. The highest BCUT2D eigenvalue weighted by atomic mass is 127. The van der Waals surface area contributed by atoms with Gasteiger partial charge in [0.25, 0.3) is 5.91 Å². The summed E-state index contributed by atoms with van der Waals surface area (Å²) >= 11 is 9.41. The van der Waals surface area contributed by atoms with Crippen LogP contribution in [0.4, 0.5) is 4.39 Å². The van der Waals surface area contributed by atoms with Crippen molar-refractivity contribution in [2.24, 2.45) is 0 Å². The van der Waals surface area contributed by atoms with Gasteiger partial charge in [0.15, 0.2) is 0 Å². The summed E-state index contributed by atoms with van der Waals surface area (Å²) in [6, 6.07) is 11.6. The van der Waals surface area contributed by atoms with E-state index < -0.39 is 0 Å². The summed E-state index contributed by atoms with van der Waals surface area (Å²) in [5.74, 6) is -0.602. The molecule has 0 atom stereocenters. The Labute approximate surface area is 167 Å². The van der Waals surface area contributed by atoms with Crippen molar-refractivity contribution in [1.82, 2.24) is 10.3 Å². The zero-order chi connectivity index (χ0) is 18.0. The Hall–Kier alpha value is -1.51. The lowest BCUT2D eigenvalue weighted by atomic mass is 10.1. The van der Waals surface area contributed by atoms with Gasteiger partial charge in [0.1, 0.15) is 10.8 Å². The Balaban J connectivity index is 1.72. The second kappa shape index (κ2) is 7.80. The van der Waals surface area contributed by atoms with Gasteiger partial charge in [-0.05, 0) is 59.8 Å². The lowest BCUT2D eigenvalue weighted by Crippen LogP contribution is -2.23. The number of amides is 1. The maximum absolute atomic E-state index is 13.1. The predicted octanol–water partition coefficient (Wildman–Crippen LogP) is 5.45. The third-order valence-corrected chi connectivity index (χ3v) is 5.65. The minimum atomic E-state index is -0.357. The number of hydrogen-bond acceptors (Lipinski definition) is 3. The van der Waals surface area contributed by atoms with Crippen LogP contribution in [0.2, 0.25) is 5.02 Å². The summed E-state index contributed by atoms with van der Waals surface area (Å²) in [5, 5.41) is 4.33. The zero-order valence-corrected chi connectivity index (χ0v) is 16.9. The average molecular weight is 487 g/mol. The van der Waals surface area contributed by atoms with E-state index in [1.54, 1.807) is 0 Å². The molecule has 3 aromatic rings. The normalized spacial score (nSPS) is 10.7. The Morgan fingerprint density at radius 2 is 2.00 bits per heavy atom. The molecule has 1 N–H and O–H groups in total. The third-order valence-electron chi connectivity index (χ3n) is 3.53. The number of thiazole rings is 1. The summed E-state index contributed by atoms with van der Waals surface area (Å²) in [5.41, 5.74) is 2.33. The monoisotopic (exact) mass is 486 g/mol. The number of nitrogens with one attached hydrogen (secondary N) is 1. The molecule has 7 heteroatoms. The second-order valence-electron chi connectivity index (χ2n) is 5.33. The summed E-state index contributed by atoms with van der Waals surface area (Å²) in [6.07, 6.45) is 0. The number of benzene rings is 2. The van der Waals surface area contributed by atoms with E-state index in [9.17, 15) is 9.18 Å². The number of rotatable bonds is 4. The van der Waals surface area contributed by atoms with E-state index in [1.807, 2.05) is 53.8 Å². The van der Waals surface area contributed by atoms with Crippen LogP contribution in [0.5, 0.6) is 0 Å². The van der Waals surface area contributed by atoms with Crippen LogP contribution in [0.3, 0.4) is 0 Å². The maximum Gasteiger partial charge on any atom is 0.252 e. The molecule has 0 aliphatic heterocycles. The molecule has 2 aromatic carbocycles. The molecule has 25 heavy (non-hydrogen) atoms. The van der Waals surface area contributed by atoms with Gasteiger partial charge in [-0.3, -0.25) is 4.79 Å². The van der Waals surface area contributed by atoms with Gasteiger partial charge < -0.3 is 5.32 Å². The summed E-state index contributed by atoms with van der Waals surface area (Å²) < 4.78 is 13.7. The van der Waals surface area contributed by atoms with Crippen molar-refractivity contribution in [2.75, 3.05) is 0 Å². The quantitative estimate of drug-likeness (QED) is 0.499. The van der Waals surface area contributed by atoms with Gasteiger partial charge in [-0.15, -0.1) is 11.3 Å². The standard InChI is InChI=1S/C18H13ClFIN2OS/c1-10-17(11-2-4-12(19)5-3-11)23-16(25-10)9-22-18(24)14-7-6-13(20)8-15(14)21/h2-8H,9H2,1H3,(H,22,24). The molecule has 0 unspecified atom stereocenters. The molecule has 1 heterocycles. The topological polar surface area (TPSA) is 42.0 Å². The molecule has 0 saturated carbocycles. The Morgan fingerprint density at radius 3 is 2.68 bits per heavy atom. The number of aromatic nitrogens is 1. The summed E-state index contributed by atoms with van der Waals surface area (Å²) in [4.78, 5) is 18.0. The van der Waals surface area contributed by atoms with Crippen molar-refractivity contribution in [1.29, 1.82) is 0 Å². The molecule has 1 aromatic heterocycles. The van der Waals surface area contributed by atoms with E-state index in [2.05, 4.69) is 10.3 Å². The van der Waals surface area contributed by atoms with E-state index in [4.69, 9.17) is 11.6 Å². The minimum absolute atomic E-state index is 0.245. The van der Waals surface area contributed by atoms with Gasteiger partial charge in [-0.25, -0.2) is 9.37 Å². The minimum Gasteiger partial charge on any atom is -0.345 e. The molecule has 0 fully saturated rings. The number of nitrogens with zero attached hydrogens (tertiary/aromatic N) is 1. The first-order valence-corrected chi connectivity index (χ1v) is 9.67. The van der Waals surface area contributed by atoms with E-state index in [0.29, 0.717) is 20.7 Å². The summed E-state index contributed by atoms with van der Waals surface area (Å²) in [7, 11) is 0. The van der Waals surface area contributed by atoms with Crippen molar-refractivity contribution >= 4 is 51.4 Å². The Kier molecular flexibility index (Phi) is 5.71. The van der Waals surface area contributed by atoms with Crippen LogP contribution in [0, 0.1) is 16.3 Å². The van der Waals surface area contributed by atoms with E-state index in [1.165, 1.54) is 29.5 Å². The molecule has 3 rings (SSSR count). The first kappa shape index (κ1) is 18.3. The third kappa shape index (κ3) is 4.37. The molecule has 128 valence electrons. The molecule has 0 spiro atoms. The second-order valence-corrected chi connectivity index (χ2v) is 8.21. The van der Waals surface area contributed by atoms with Crippen molar-refractivity contribution in [3.8, 4) is 11.3 Å². The first-order valence-electron chi connectivity index (χ1n) is 7.39. The van der Waals surface area contributed by atoms with Crippen molar-refractivity contribution < 1.29 is 9.18 Å². The smallest absolute Gasteiger partial charge is 0.252 e. The van der Waals surface area contributed by atoms with Crippen molar-refractivity contribution in [3.63, 3.8) is 0 Å². The number of halogens is 3. The van der Waals surface area contributed by atoms with Gasteiger partial charge in [-0.2, -0.15) is 0 Å². The number of aryl methyl sites for hydroxylation is 1. The molecule has 1 amide bonds. The van der Waals surface area contributed by atoms with Gasteiger partial charge in [0.2, 0.25) is 0 Å². The highest BCUT2D eigenvalue weighted by Gasteiger charge is 2.13. The number of carbonyl (C=O) groups is 1. The van der Waals surface area contributed by atoms with Crippen molar-refractivity contribution in [3.05, 3.63) is 72.3 Å². The van der Waals surface area contributed by atoms with Crippen LogP contribution >= 0.6 is 45.5 Å². The fraction of sp³-hybridized carbons (Fsp3) is 0.111. The van der Waals surface area contributed by atoms with Crippen LogP contribution in [0.15, 0.2) is 42.5 Å². The number of carbonyl (C=O) groups excluding carboxylic acids is 1. The van der Waals surface area contributed by atoms with Gasteiger partial charge in [0, 0.05) is 19.0 Å². The van der Waals surface area contributed by atoms with Gasteiger partial charge in [0.05, 0.1) is 17.8 Å². The predicted molar refractivity (Wildman–Crippen MR) is 108 cm³/mol. The van der Waals surface area contributed by atoms with Crippen LogP contribution in [-0.2, 0) is 6.54 Å². The average Bonchev–Trinajstić information content (AvgIpc) is 2.94. The van der Waals surface area contributed by atoms with Gasteiger partial charge >= 0.3 is 0 Å². The molecule has 0 aliphatic carbocycles.